The maximum atomic E-state index is 13.3. The molecule has 150 valence electrons. The second kappa shape index (κ2) is 9.14. The van der Waals surface area contributed by atoms with Gasteiger partial charge in [-0.1, -0.05) is 31.5 Å². The van der Waals surface area contributed by atoms with Gasteiger partial charge in [0.1, 0.15) is 5.56 Å². The summed E-state index contributed by atoms with van der Waals surface area (Å²) in [6.45, 7) is 4.47. The third kappa shape index (κ3) is 4.68. The average molecular weight is 392 g/mol. The van der Waals surface area contributed by atoms with E-state index in [2.05, 4.69) is 9.97 Å². The van der Waals surface area contributed by atoms with Gasteiger partial charge in [0.15, 0.2) is 0 Å². The minimum Gasteiger partial charge on any atom is -0.313 e. The van der Waals surface area contributed by atoms with E-state index in [4.69, 9.17) is 0 Å². The van der Waals surface area contributed by atoms with E-state index >= 15 is 0 Å². The van der Waals surface area contributed by atoms with Crippen molar-refractivity contribution in [3.05, 3.63) is 92.5 Å². The number of aromatic amines is 1. The van der Waals surface area contributed by atoms with Crippen LogP contribution in [0.15, 0.2) is 64.4 Å². The SMILES string of the molecule is CCCCN(C(=O)c1c[nH]c(=O)n(Cc2ccccn2)c1=O)c1cccc(C)c1. The summed E-state index contributed by atoms with van der Waals surface area (Å²) in [6.07, 6.45) is 4.50. The van der Waals surface area contributed by atoms with Gasteiger partial charge in [-0.2, -0.15) is 0 Å². The van der Waals surface area contributed by atoms with Crippen molar-refractivity contribution in [2.75, 3.05) is 11.4 Å². The number of nitrogens with zero attached hydrogens (tertiary/aromatic N) is 3. The van der Waals surface area contributed by atoms with Gasteiger partial charge in [-0.25, -0.2) is 4.79 Å². The molecule has 2 aromatic heterocycles. The normalized spacial score (nSPS) is 10.7. The molecule has 0 unspecified atom stereocenters. The Hall–Kier alpha value is -3.48. The first kappa shape index (κ1) is 20.3. The van der Waals surface area contributed by atoms with Crippen molar-refractivity contribution in [3.8, 4) is 0 Å². The Bertz CT molecular complexity index is 1100. The lowest BCUT2D eigenvalue weighted by Gasteiger charge is -2.23. The Balaban J connectivity index is 2.01. The van der Waals surface area contributed by atoms with Crippen molar-refractivity contribution < 1.29 is 4.79 Å². The molecule has 29 heavy (non-hydrogen) atoms. The van der Waals surface area contributed by atoms with Crippen molar-refractivity contribution in [2.24, 2.45) is 0 Å². The number of aryl methyl sites for hydroxylation is 1. The molecule has 7 heteroatoms. The van der Waals surface area contributed by atoms with E-state index in [-0.39, 0.29) is 12.1 Å². The fourth-order valence-corrected chi connectivity index (χ4v) is 3.07. The number of rotatable bonds is 7. The van der Waals surface area contributed by atoms with Crippen molar-refractivity contribution in [2.45, 2.75) is 33.2 Å². The Morgan fingerprint density at radius 2 is 2.00 bits per heavy atom. The fourth-order valence-electron chi connectivity index (χ4n) is 3.07. The van der Waals surface area contributed by atoms with Gasteiger partial charge in [0.05, 0.1) is 12.2 Å². The molecule has 0 saturated heterocycles. The van der Waals surface area contributed by atoms with Crippen LogP contribution in [0.5, 0.6) is 0 Å². The molecule has 2 heterocycles. The van der Waals surface area contributed by atoms with Crippen LogP contribution in [-0.2, 0) is 6.54 Å². The summed E-state index contributed by atoms with van der Waals surface area (Å²) in [7, 11) is 0. The van der Waals surface area contributed by atoms with Gasteiger partial charge in [-0.15, -0.1) is 0 Å². The van der Waals surface area contributed by atoms with Crippen LogP contribution < -0.4 is 16.1 Å². The monoisotopic (exact) mass is 392 g/mol. The molecular formula is C22H24N4O3. The Kier molecular flexibility index (Phi) is 6.39. The van der Waals surface area contributed by atoms with Gasteiger partial charge < -0.3 is 9.88 Å². The lowest BCUT2D eigenvalue weighted by molar-refractivity contribution is 0.0984. The molecule has 0 aliphatic carbocycles. The molecule has 0 atom stereocenters. The summed E-state index contributed by atoms with van der Waals surface area (Å²) in [5, 5.41) is 0. The maximum Gasteiger partial charge on any atom is 0.328 e. The summed E-state index contributed by atoms with van der Waals surface area (Å²) >= 11 is 0. The molecule has 3 rings (SSSR count). The van der Waals surface area contributed by atoms with Gasteiger partial charge >= 0.3 is 5.69 Å². The van der Waals surface area contributed by atoms with E-state index in [0.29, 0.717) is 12.2 Å². The van der Waals surface area contributed by atoms with Gasteiger partial charge in [0.25, 0.3) is 11.5 Å². The summed E-state index contributed by atoms with van der Waals surface area (Å²) in [5.74, 6) is -0.430. The number of carbonyl (C=O) groups is 1. The second-order valence-electron chi connectivity index (χ2n) is 6.87. The minimum atomic E-state index is -0.626. The zero-order chi connectivity index (χ0) is 20.8. The van der Waals surface area contributed by atoms with E-state index < -0.39 is 17.2 Å². The van der Waals surface area contributed by atoms with Crippen LogP contribution >= 0.6 is 0 Å². The smallest absolute Gasteiger partial charge is 0.313 e. The van der Waals surface area contributed by atoms with Crippen LogP contribution in [0.25, 0.3) is 0 Å². The third-order valence-electron chi connectivity index (χ3n) is 4.63. The van der Waals surface area contributed by atoms with E-state index in [1.165, 1.54) is 6.20 Å². The van der Waals surface area contributed by atoms with E-state index in [1.807, 2.05) is 38.1 Å². The van der Waals surface area contributed by atoms with E-state index in [1.54, 1.807) is 29.3 Å². The van der Waals surface area contributed by atoms with Crippen LogP contribution in [0.3, 0.4) is 0 Å². The molecule has 0 aliphatic heterocycles. The molecule has 1 aromatic carbocycles. The maximum absolute atomic E-state index is 13.3. The van der Waals surface area contributed by atoms with Crippen molar-refractivity contribution in [1.82, 2.24) is 14.5 Å². The quantitative estimate of drug-likeness (QED) is 0.670. The lowest BCUT2D eigenvalue weighted by Crippen LogP contribution is -2.42. The number of hydrogen-bond acceptors (Lipinski definition) is 4. The summed E-state index contributed by atoms with van der Waals surface area (Å²) in [4.78, 5) is 46.8. The second-order valence-corrected chi connectivity index (χ2v) is 6.87. The number of anilines is 1. The number of amides is 1. The summed E-state index contributed by atoms with van der Waals surface area (Å²) in [6, 6.07) is 12.8. The molecule has 7 nitrogen and oxygen atoms in total. The first-order chi connectivity index (χ1) is 14.0. The molecular weight excluding hydrogens is 368 g/mol. The molecule has 1 N–H and O–H groups in total. The van der Waals surface area contributed by atoms with Gasteiger partial charge in [0.2, 0.25) is 0 Å². The summed E-state index contributed by atoms with van der Waals surface area (Å²) in [5.41, 5.74) is 1.03. The predicted octanol–water partition coefficient (Wildman–Crippen LogP) is 2.74. The van der Waals surface area contributed by atoms with Gasteiger partial charge in [-0.3, -0.25) is 19.1 Å². The first-order valence-electron chi connectivity index (χ1n) is 9.62. The van der Waals surface area contributed by atoms with E-state index in [9.17, 15) is 14.4 Å². The number of unbranched alkanes of at least 4 members (excludes halogenated alkanes) is 1. The molecule has 0 spiro atoms. The zero-order valence-electron chi connectivity index (χ0n) is 16.6. The number of hydrogen-bond donors (Lipinski definition) is 1. The Morgan fingerprint density at radius 1 is 1.17 bits per heavy atom. The molecule has 1 amide bonds. The van der Waals surface area contributed by atoms with Crippen LogP contribution in [0.1, 0.15) is 41.4 Å². The number of H-pyrrole nitrogens is 1. The lowest BCUT2D eigenvalue weighted by atomic mass is 10.1. The van der Waals surface area contributed by atoms with Crippen molar-refractivity contribution >= 4 is 11.6 Å². The van der Waals surface area contributed by atoms with Gasteiger partial charge in [0, 0.05) is 24.6 Å². The molecule has 0 aliphatic rings. The fraction of sp³-hybridized carbons (Fsp3) is 0.273. The first-order valence-corrected chi connectivity index (χ1v) is 9.62. The standard InChI is InChI=1S/C22H24N4O3/c1-3-4-12-25(18-10-7-8-16(2)13-18)20(27)19-14-24-22(29)26(21(19)28)15-17-9-5-6-11-23-17/h5-11,13-14H,3-4,12,15H2,1-2H3,(H,24,29). The zero-order valence-corrected chi connectivity index (χ0v) is 16.6. The molecule has 0 radical (unpaired) electrons. The van der Waals surface area contributed by atoms with Crippen LogP contribution in [0, 0.1) is 6.92 Å². The molecule has 3 aromatic rings. The highest BCUT2D eigenvalue weighted by Gasteiger charge is 2.22. The molecule has 0 bridgehead atoms. The topological polar surface area (TPSA) is 88.1 Å². The third-order valence-corrected chi connectivity index (χ3v) is 4.63. The number of nitrogens with one attached hydrogen (secondary N) is 1. The number of carbonyl (C=O) groups excluding carboxylic acids is 1. The number of aromatic nitrogens is 3. The highest BCUT2D eigenvalue weighted by atomic mass is 16.2. The molecule has 0 fully saturated rings. The van der Waals surface area contributed by atoms with Crippen molar-refractivity contribution in [1.29, 1.82) is 0 Å². The number of benzene rings is 1. The van der Waals surface area contributed by atoms with Crippen molar-refractivity contribution in [3.63, 3.8) is 0 Å². The summed E-state index contributed by atoms with van der Waals surface area (Å²) < 4.78 is 1.00. The highest BCUT2D eigenvalue weighted by Crippen LogP contribution is 2.18. The van der Waals surface area contributed by atoms with Crippen LogP contribution in [0.2, 0.25) is 0 Å². The average Bonchev–Trinajstić information content (AvgIpc) is 2.72. The highest BCUT2D eigenvalue weighted by molar-refractivity contribution is 6.05. The van der Waals surface area contributed by atoms with Crippen LogP contribution in [-0.4, -0.2) is 27.0 Å². The number of pyridine rings is 1. The van der Waals surface area contributed by atoms with Crippen LogP contribution in [0.4, 0.5) is 5.69 Å². The Labute approximate surface area is 168 Å². The molecule has 0 saturated carbocycles. The van der Waals surface area contributed by atoms with Gasteiger partial charge in [-0.05, 0) is 43.2 Å². The Morgan fingerprint density at radius 3 is 2.69 bits per heavy atom. The largest absolute Gasteiger partial charge is 0.328 e. The predicted molar refractivity (Wildman–Crippen MR) is 112 cm³/mol. The minimum absolute atomic E-state index is 0.00443. The van der Waals surface area contributed by atoms with E-state index in [0.717, 1.165) is 28.7 Å².